The number of anilines is 1. The van der Waals surface area contributed by atoms with Crippen LogP contribution in [0.15, 0.2) is 76.2 Å². The first-order chi connectivity index (χ1) is 13.4. The van der Waals surface area contributed by atoms with E-state index in [0.717, 1.165) is 5.56 Å². The first kappa shape index (κ1) is 19.7. The highest BCUT2D eigenvalue weighted by Crippen LogP contribution is 2.26. The Labute approximate surface area is 164 Å². The number of amides is 1. The Balaban J connectivity index is 1.79. The molecule has 1 heterocycles. The van der Waals surface area contributed by atoms with Crippen molar-refractivity contribution in [1.29, 1.82) is 0 Å². The second-order valence-electron chi connectivity index (χ2n) is 6.64. The molecule has 1 amide bonds. The lowest BCUT2D eigenvalue weighted by atomic mass is 10.0. The number of hydrogen-bond acceptors (Lipinski definition) is 4. The first-order valence-corrected chi connectivity index (χ1v) is 10.4. The number of benzene rings is 2. The summed E-state index contributed by atoms with van der Waals surface area (Å²) in [5.41, 5.74) is 1.69. The van der Waals surface area contributed by atoms with Crippen LogP contribution in [0.2, 0.25) is 0 Å². The minimum Gasteiger partial charge on any atom is -0.467 e. The normalized spacial score (nSPS) is 11.4. The number of rotatable bonds is 7. The average Bonchev–Trinajstić information content (AvgIpc) is 3.20. The maximum atomic E-state index is 12.8. The fourth-order valence-corrected chi connectivity index (χ4v) is 3.92. The summed E-state index contributed by atoms with van der Waals surface area (Å²) in [7, 11) is -3.83. The summed E-state index contributed by atoms with van der Waals surface area (Å²) in [6.45, 7) is 4.22. The summed E-state index contributed by atoms with van der Waals surface area (Å²) in [5, 5.41) is 2.71. The van der Waals surface area contributed by atoms with Crippen molar-refractivity contribution in [3.8, 4) is 0 Å². The lowest BCUT2D eigenvalue weighted by molar-refractivity contribution is 0.0948. The summed E-state index contributed by atoms with van der Waals surface area (Å²) in [6.07, 6.45) is 1.52. The lowest BCUT2D eigenvalue weighted by Gasteiger charge is -2.15. The molecule has 6 nitrogen and oxygen atoms in total. The largest absolute Gasteiger partial charge is 0.467 e. The minimum atomic E-state index is -3.83. The van der Waals surface area contributed by atoms with E-state index in [1.165, 1.54) is 18.4 Å². The van der Waals surface area contributed by atoms with Crippen molar-refractivity contribution in [2.45, 2.75) is 31.2 Å². The molecule has 1 aromatic heterocycles. The van der Waals surface area contributed by atoms with Crippen LogP contribution in [0.25, 0.3) is 0 Å². The molecule has 28 heavy (non-hydrogen) atoms. The van der Waals surface area contributed by atoms with Gasteiger partial charge in [-0.15, -0.1) is 0 Å². The van der Waals surface area contributed by atoms with Crippen LogP contribution in [0, 0.1) is 0 Å². The molecule has 0 unspecified atom stereocenters. The smallest absolute Gasteiger partial charge is 0.261 e. The third-order valence-electron chi connectivity index (χ3n) is 4.24. The Morgan fingerprint density at radius 1 is 1.04 bits per heavy atom. The number of para-hydroxylation sites is 1. The number of nitrogens with one attached hydrogen (secondary N) is 2. The van der Waals surface area contributed by atoms with E-state index in [1.54, 1.807) is 36.4 Å². The maximum Gasteiger partial charge on any atom is 0.261 e. The van der Waals surface area contributed by atoms with E-state index in [1.807, 2.05) is 26.0 Å². The molecule has 0 fully saturated rings. The second-order valence-corrected chi connectivity index (χ2v) is 8.32. The van der Waals surface area contributed by atoms with Crippen molar-refractivity contribution in [3.05, 3.63) is 83.8 Å². The van der Waals surface area contributed by atoms with Gasteiger partial charge in [-0.3, -0.25) is 9.52 Å². The monoisotopic (exact) mass is 398 g/mol. The minimum absolute atomic E-state index is 0.0247. The van der Waals surface area contributed by atoms with E-state index in [-0.39, 0.29) is 28.8 Å². The Bertz CT molecular complexity index is 1060. The van der Waals surface area contributed by atoms with Gasteiger partial charge in [-0.25, -0.2) is 8.42 Å². The van der Waals surface area contributed by atoms with Gasteiger partial charge < -0.3 is 9.73 Å². The molecule has 2 N–H and O–H groups in total. The fourth-order valence-electron chi connectivity index (χ4n) is 2.78. The second kappa shape index (κ2) is 8.31. The van der Waals surface area contributed by atoms with E-state index >= 15 is 0 Å². The predicted octanol–water partition coefficient (Wildman–Crippen LogP) is 4.13. The molecule has 0 atom stereocenters. The highest BCUT2D eigenvalue weighted by atomic mass is 32.2. The van der Waals surface area contributed by atoms with Crippen LogP contribution in [-0.4, -0.2) is 14.3 Å². The SMILES string of the molecule is CC(C)c1ccccc1NS(=O)(=O)c1cccc(C(=O)NCc2ccco2)c1. The zero-order chi connectivity index (χ0) is 20.1. The molecule has 0 aliphatic heterocycles. The number of carbonyl (C=O) groups excluding carboxylic acids is 1. The third kappa shape index (κ3) is 4.61. The number of furan rings is 1. The van der Waals surface area contributed by atoms with Gasteiger partial charge in [-0.1, -0.05) is 38.1 Å². The van der Waals surface area contributed by atoms with Gasteiger partial charge >= 0.3 is 0 Å². The molecular formula is C21H22N2O4S. The Morgan fingerprint density at radius 3 is 2.54 bits per heavy atom. The fraction of sp³-hybridized carbons (Fsp3) is 0.190. The van der Waals surface area contributed by atoms with Crippen LogP contribution in [0.1, 0.15) is 41.4 Å². The van der Waals surface area contributed by atoms with Gasteiger partial charge in [-0.05, 0) is 47.9 Å². The van der Waals surface area contributed by atoms with Crippen LogP contribution in [0.4, 0.5) is 5.69 Å². The Hall–Kier alpha value is -3.06. The van der Waals surface area contributed by atoms with Gasteiger partial charge in [0.15, 0.2) is 0 Å². The number of carbonyl (C=O) groups is 1. The molecule has 3 rings (SSSR count). The molecule has 7 heteroatoms. The van der Waals surface area contributed by atoms with Gasteiger partial charge in [0, 0.05) is 5.56 Å². The maximum absolute atomic E-state index is 12.8. The van der Waals surface area contributed by atoms with E-state index in [0.29, 0.717) is 11.4 Å². The van der Waals surface area contributed by atoms with Gasteiger partial charge in [-0.2, -0.15) is 0 Å². The number of sulfonamides is 1. The van der Waals surface area contributed by atoms with E-state index in [2.05, 4.69) is 10.0 Å². The molecule has 146 valence electrons. The van der Waals surface area contributed by atoms with Gasteiger partial charge in [0.1, 0.15) is 5.76 Å². The summed E-state index contributed by atoms with van der Waals surface area (Å²) in [4.78, 5) is 12.4. The summed E-state index contributed by atoms with van der Waals surface area (Å²) < 4.78 is 33.5. The topological polar surface area (TPSA) is 88.4 Å². The molecule has 0 saturated carbocycles. The van der Waals surface area contributed by atoms with Gasteiger partial charge in [0.05, 0.1) is 23.4 Å². The standard InChI is InChI=1S/C21H22N2O4S/c1-15(2)19-10-3-4-11-20(19)23-28(25,26)18-9-5-7-16(13-18)21(24)22-14-17-8-6-12-27-17/h3-13,15,23H,14H2,1-2H3,(H,22,24). The van der Waals surface area contributed by atoms with Crippen LogP contribution in [0.3, 0.4) is 0 Å². The van der Waals surface area contributed by atoms with Crippen LogP contribution < -0.4 is 10.0 Å². The molecule has 0 aliphatic carbocycles. The molecule has 2 aromatic carbocycles. The number of hydrogen-bond donors (Lipinski definition) is 2. The van der Waals surface area contributed by atoms with E-state index < -0.39 is 10.0 Å². The lowest BCUT2D eigenvalue weighted by Crippen LogP contribution is -2.23. The van der Waals surface area contributed by atoms with E-state index in [4.69, 9.17) is 4.42 Å². The molecule has 0 aliphatic rings. The molecule has 0 radical (unpaired) electrons. The van der Waals surface area contributed by atoms with Gasteiger partial charge in [0.25, 0.3) is 15.9 Å². The summed E-state index contributed by atoms with van der Waals surface area (Å²) in [5.74, 6) is 0.401. The first-order valence-electron chi connectivity index (χ1n) is 8.89. The summed E-state index contributed by atoms with van der Waals surface area (Å²) in [6, 6.07) is 16.7. The van der Waals surface area contributed by atoms with Crippen molar-refractivity contribution in [1.82, 2.24) is 5.32 Å². The molecule has 3 aromatic rings. The van der Waals surface area contributed by atoms with Crippen LogP contribution in [-0.2, 0) is 16.6 Å². The zero-order valence-electron chi connectivity index (χ0n) is 15.7. The Morgan fingerprint density at radius 2 is 1.82 bits per heavy atom. The molecular weight excluding hydrogens is 376 g/mol. The van der Waals surface area contributed by atoms with E-state index in [9.17, 15) is 13.2 Å². The highest BCUT2D eigenvalue weighted by Gasteiger charge is 2.18. The predicted molar refractivity (Wildman–Crippen MR) is 108 cm³/mol. The Kier molecular flexibility index (Phi) is 5.84. The van der Waals surface area contributed by atoms with Crippen molar-refractivity contribution in [3.63, 3.8) is 0 Å². The van der Waals surface area contributed by atoms with Crippen LogP contribution in [0.5, 0.6) is 0 Å². The zero-order valence-corrected chi connectivity index (χ0v) is 16.5. The van der Waals surface area contributed by atoms with Crippen molar-refractivity contribution >= 4 is 21.6 Å². The molecule has 0 saturated heterocycles. The van der Waals surface area contributed by atoms with Crippen molar-refractivity contribution < 1.29 is 17.6 Å². The molecule has 0 spiro atoms. The third-order valence-corrected chi connectivity index (χ3v) is 5.60. The molecule has 0 bridgehead atoms. The van der Waals surface area contributed by atoms with Gasteiger partial charge in [0.2, 0.25) is 0 Å². The van der Waals surface area contributed by atoms with Crippen LogP contribution >= 0.6 is 0 Å². The average molecular weight is 398 g/mol. The summed E-state index contributed by atoms with van der Waals surface area (Å²) >= 11 is 0. The quantitative estimate of drug-likeness (QED) is 0.626. The van der Waals surface area contributed by atoms with Crippen molar-refractivity contribution in [2.75, 3.05) is 4.72 Å². The highest BCUT2D eigenvalue weighted by molar-refractivity contribution is 7.92. The van der Waals surface area contributed by atoms with Crippen molar-refractivity contribution in [2.24, 2.45) is 0 Å².